The molecular weight excluding hydrogens is 256 g/mol. The molecule has 2 atom stereocenters. The zero-order valence-electron chi connectivity index (χ0n) is 13.0. The molecule has 1 N–H and O–H groups in total. The maximum atomic E-state index is 11.5. The summed E-state index contributed by atoms with van der Waals surface area (Å²) in [7, 11) is 0. The number of quaternary nitrogens is 1. The largest absolute Gasteiger partial charge is 0.550 e. The molecule has 116 valence electrons. The predicted molar refractivity (Wildman–Crippen MR) is 75.0 cm³/mol. The summed E-state index contributed by atoms with van der Waals surface area (Å²) in [5, 5.41) is 10.9. The highest BCUT2D eigenvalue weighted by Crippen LogP contribution is 2.28. The SMILES string of the molecule is CC[NH+](CC)CC[C@H]1CN(C(C)=O)CC[C@H]1CC(=O)[O-]. The van der Waals surface area contributed by atoms with Crippen LogP contribution < -0.4 is 10.0 Å². The summed E-state index contributed by atoms with van der Waals surface area (Å²) in [5.74, 6) is -0.423. The van der Waals surface area contributed by atoms with Crippen LogP contribution in [0.3, 0.4) is 0 Å². The van der Waals surface area contributed by atoms with Gasteiger partial charge in [-0.1, -0.05) is 0 Å². The Morgan fingerprint density at radius 3 is 2.40 bits per heavy atom. The number of nitrogens with one attached hydrogen (secondary N) is 1. The molecule has 0 aliphatic carbocycles. The molecule has 1 fully saturated rings. The van der Waals surface area contributed by atoms with Gasteiger partial charge in [0.15, 0.2) is 0 Å². The van der Waals surface area contributed by atoms with Gasteiger partial charge in [0.1, 0.15) is 0 Å². The van der Waals surface area contributed by atoms with Crippen LogP contribution in [0.2, 0.25) is 0 Å². The van der Waals surface area contributed by atoms with Gasteiger partial charge >= 0.3 is 0 Å². The number of rotatable bonds is 7. The average Bonchev–Trinajstić information content (AvgIpc) is 2.40. The second-order valence-electron chi connectivity index (χ2n) is 5.85. The molecule has 0 unspecified atom stereocenters. The lowest BCUT2D eigenvalue weighted by Gasteiger charge is -2.38. The number of carboxylic acid groups (broad SMARTS) is 1. The minimum absolute atomic E-state index is 0.0945. The van der Waals surface area contributed by atoms with E-state index in [2.05, 4.69) is 13.8 Å². The molecule has 20 heavy (non-hydrogen) atoms. The van der Waals surface area contributed by atoms with E-state index >= 15 is 0 Å². The minimum atomic E-state index is -0.966. The van der Waals surface area contributed by atoms with Gasteiger partial charge in [-0.15, -0.1) is 0 Å². The number of piperidine rings is 1. The molecule has 1 aliphatic rings. The molecule has 0 bridgehead atoms. The Labute approximate surface area is 121 Å². The van der Waals surface area contributed by atoms with E-state index in [-0.39, 0.29) is 18.2 Å². The van der Waals surface area contributed by atoms with Crippen LogP contribution in [0.4, 0.5) is 0 Å². The predicted octanol–water partition coefficient (Wildman–Crippen LogP) is -1.07. The number of nitrogens with zero attached hydrogens (tertiary/aromatic N) is 1. The highest BCUT2D eigenvalue weighted by molar-refractivity contribution is 5.73. The van der Waals surface area contributed by atoms with Crippen molar-refractivity contribution in [1.29, 1.82) is 0 Å². The summed E-state index contributed by atoms with van der Waals surface area (Å²) in [6, 6.07) is 0. The molecule has 1 amide bonds. The Kier molecular flexibility index (Phi) is 6.99. The maximum absolute atomic E-state index is 11.5. The number of carbonyl (C=O) groups excluding carboxylic acids is 2. The maximum Gasteiger partial charge on any atom is 0.219 e. The van der Waals surface area contributed by atoms with Crippen molar-refractivity contribution in [3.8, 4) is 0 Å². The van der Waals surface area contributed by atoms with Crippen molar-refractivity contribution in [2.45, 2.75) is 40.0 Å². The van der Waals surface area contributed by atoms with Crippen molar-refractivity contribution in [3.05, 3.63) is 0 Å². The molecule has 1 heterocycles. The Morgan fingerprint density at radius 1 is 1.25 bits per heavy atom. The van der Waals surface area contributed by atoms with E-state index in [0.717, 1.165) is 32.5 Å². The van der Waals surface area contributed by atoms with Crippen LogP contribution in [0.25, 0.3) is 0 Å². The molecule has 5 heteroatoms. The number of carbonyl (C=O) groups is 2. The fraction of sp³-hybridized carbons (Fsp3) is 0.867. The number of hydrogen-bond donors (Lipinski definition) is 1. The topological polar surface area (TPSA) is 64.9 Å². The Morgan fingerprint density at radius 2 is 1.90 bits per heavy atom. The first kappa shape index (κ1) is 17.0. The van der Waals surface area contributed by atoms with E-state index in [1.165, 1.54) is 4.90 Å². The summed E-state index contributed by atoms with van der Waals surface area (Å²) in [6.07, 6.45) is 1.90. The zero-order chi connectivity index (χ0) is 15.1. The molecule has 0 radical (unpaired) electrons. The fourth-order valence-electron chi connectivity index (χ4n) is 3.17. The van der Waals surface area contributed by atoms with Crippen LogP contribution in [0.5, 0.6) is 0 Å². The van der Waals surface area contributed by atoms with E-state index in [1.807, 2.05) is 4.90 Å². The second kappa shape index (κ2) is 8.25. The number of hydrogen-bond acceptors (Lipinski definition) is 3. The lowest BCUT2D eigenvalue weighted by Crippen LogP contribution is -3.11. The molecule has 0 aromatic carbocycles. The van der Waals surface area contributed by atoms with Gasteiger partial charge in [-0.2, -0.15) is 0 Å². The van der Waals surface area contributed by atoms with Crippen LogP contribution >= 0.6 is 0 Å². The van der Waals surface area contributed by atoms with E-state index in [4.69, 9.17) is 0 Å². The molecule has 5 nitrogen and oxygen atoms in total. The number of carboxylic acids is 1. The third-order valence-corrected chi connectivity index (χ3v) is 4.63. The molecule has 0 saturated carbocycles. The summed E-state index contributed by atoms with van der Waals surface area (Å²) >= 11 is 0. The first-order valence-corrected chi connectivity index (χ1v) is 7.76. The van der Waals surface area contributed by atoms with Crippen molar-refractivity contribution >= 4 is 11.9 Å². The van der Waals surface area contributed by atoms with Gasteiger partial charge in [-0.3, -0.25) is 4.79 Å². The first-order chi connectivity index (χ1) is 9.47. The smallest absolute Gasteiger partial charge is 0.219 e. The summed E-state index contributed by atoms with van der Waals surface area (Å²) in [4.78, 5) is 25.8. The molecule has 1 aliphatic heterocycles. The van der Waals surface area contributed by atoms with E-state index < -0.39 is 5.97 Å². The minimum Gasteiger partial charge on any atom is -0.550 e. The van der Waals surface area contributed by atoms with Crippen molar-refractivity contribution in [1.82, 2.24) is 4.90 Å². The normalized spacial score (nSPS) is 23.1. The van der Waals surface area contributed by atoms with Crippen molar-refractivity contribution in [2.24, 2.45) is 11.8 Å². The van der Waals surface area contributed by atoms with Gasteiger partial charge < -0.3 is 19.7 Å². The highest BCUT2D eigenvalue weighted by Gasteiger charge is 2.30. The molecule has 0 aromatic rings. The molecule has 0 aromatic heterocycles. The quantitative estimate of drug-likeness (QED) is 0.647. The van der Waals surface area contributed by atoms with Crippen LogP contribution in [0.15, 0.2) is 0 Å². The summed E-state index contributed by atoms with van der Waals surface area (Å²) < 4.78 is 0. The second-order valence-corrected chi connectivity index (χ2v) is 5.85. The van der Waals surface area contributed by atoms with Gasteiger partial charge in [0.05, 0.1) is 19.6 Å². The Balaban J connectivity index is 2.61. The first-order valence-electron chi connectivity index (χ1n) is 7.76. The van der Waals surface area contributed by atoms with Crippen molar-refractivity contribution in [2.75, 3.05) is 32.7 Å². The van der Waals surface area contributed by atoms with Crippen LogP contribution in [-0.4, -0.2) is 49.5 Å². The Bertz CT molecular complexity index is 329. The van der Waals surface area contributed by atoms with Gasteiger partial charge in [-0.05, 0) is 38.5 Å². The van der Waals surface area contributed by atoms with Gasteiger partial charge in [0, 0.05) is 32.4 Å². The average molecular weight is 284 g/mol. The van der Waals surface area contributed by atoms with Crippen LogP contribution in [0.1, 0.15) is 40.0 Å². The number of likely N-dealkylation sites (tertiary alicyclic amines) is 1. The number of amides is 1. The molecule has 1 saturated heterocycles. The Hall–Kier alpha value is -1.10. The summed E-state index contributed by atoms with van der Waals surface area (Å²) in [5.41, 5.74) is 0. The highest BCUT2D eigenvalue weighted by atomic mass is 16.4. The monoisotopic (exact) mass is 284 g/mol. The standard InChI is InChI=1S/C15H28N2O3/c1-4-16(5-2)8-6-14-11-17(12(3)18)9-7-13(14)10-15(19)20/h13-14H,4-11H2,1-3H3,(H,19,20)/t13-,14-/m0/s1. The van der Waals surface area contributed by atoms with Gasteiger partial charge in [-0.25, -0.2) is 0 Å². The van der Waals surface area contributed by atoms with E-state index in [9.17, 15) is 14.7 Å². The van der Waals surface area contributed by atoms with Gasteiger partial charge in [0.25, 0.3) is 0 Å². The third kappa shape index (κ3) is 5.12. The van der Waals surface area contributed by atoms with Crippen molar-refractivity contribution in [3.63, 3.8) is 0 Å². The summed E-state index contributed by atoms with van der Waals surface area (Å²) in [6.45, 7) is 10.5. The lowest BCUT2D eigenvalue weighted by molar-refractivity contribution is -0.897. The molecule has 1 rings (SSSR count). The van der Waals surface area contributed by atoms with Gasteiger partial charge in [0.2, 0.25) is 5.91 Å². The van der Waals surface area contributed by atoms with E-state index in [1.54, 1.807) is 6.92 Å². The van der Waals surface area contributed by atoms with Crippen LogP contribution in [0, 0.1) is 11.8 Å². The van der Waals surface area contributed by atoms with E-state index in [0.29, 0.717) is 19.0 Å². The third-order valence-electron chi connectivity index (χ3n) is 4.63. The molecule has 0 spiro atoms. The fourth-order valence-corrected chi connectivity index (χ4v) is 3.17. The molecular formula is C15H28N2O3. The zero-order valence-corrected chi connectivity index (χ0v) is 13.0. The van der Waals surface area contributed by atoms with Crippen molar-refractivity contribution < 1.29 is 19.6 Å². The number of aliphatic carboxylic acids is 1. The lowest BCUT2D eigenvalue weighted by atomic mass is 9.81. The van der Waals surface area contributed by atoms with Crippen LogP contribution in [-0.2, 0) is 9.59 Å².